The number of imidazole rings is 1. The van der Waals surface area contributed by atoms with Crippen LogP contribution in [0.3, 0.4) is 0 Å². The molecule has 19 heavy (non-hydrogen) atoms. The lowest BCUT2D eigenvalue weighted by Crippen LogP contribution is -2.12. The summed E-state index contributed by atoms with van der Waals surface area (Å²) >= 11 is 5.98. The van der Waals surface area contributed by atoms with Crippen LogP contribution in [-0.2, 0) is 11.2 Å². The van der Waals surface area contributed by atoms with E-state index in [0.717, 1.165) is 5.69 Å². The van der Waals surface area contributed by atoms with E-state index in [0.29, 0.717) is 29.3 Å². The molecule has 1 amide bonds. The highest BCUT2D eigenvalue weighted by Gasteiger charge is 2.06. The number of halogens is 1. The molecule has 100 valence electrons. The van der Waals surface area contributed by atoms with E-state index in [2.05, 4.69) is 15.3 Å². The normalized spacial score (nSPS) is 10.2. The maximum Gasteiger partial charge on any atom is 0.224 e. The number of carbonyl (C=O) groups is 1. The Hall–Kier alpha value is -2.01. The van der Waals surface area contributed by atoms with Crippen molar-refractivity contribution in [2.24, 2.45) is 0 Å². The molecule has 2 rings (SSSR count). The van der Waals surface area contributed by atoms with E-state index in [-0.39, 0.29) is 5.91 Å². The number of carbonyl (C=O) groups excluding carboxylic acids is 1. The number of nitrogens with one attached hydrogen (secondary N) is 2. The van der Waals surface area contributed by atoms with Gasteiger partial charge in [-0.05, 0) is 24.6 Å². The third kappa shape index (κ3) is 3.72. The molecule has 6 heteroatoms. The standard InChI is InChI=1S/C13H14ClN3O2/c1-19-12-4-2-9(6-11(12)14)17-13(18)5-3-10-7-15-8-16-10/h2,4,6-8H,3,5H2,1H3,(H,15,16)(H,17,18). The van der Waals surface area contributed by atoms with Crippen molar-refractivity contribution >= 4 is 23.2 Å². The van der Waals surface area contributed by atoms with E-state index < -0.39 is 0 Å². The summed E-state index contributed by atoms with van der Waals surface area (Å²) in [5.74, 6) is 0.507. The highest BCUT2D eigenvalue weighted by molar-refractivity contribution is 6.32. The number of H-pyrrole nitrogens is 1. The molecular weight excluding hydrogens is 266 g/mol. The number of nitrogens with zero attached hydrogens (tertiary/aromatic N) is 1. The molecule has 0 saturated heterocycles. The van der Waals surface area contributed by atoms with Crippen LogP contribution < -0.4 is 10.1 Å². The minimum absolute atomic E-state index is 0.0733. The molecule has 0 radical (unpaired) electrons. The Balaban J connectivity index is 1.90. The first kappa shape index (κ1) is 13.4. The lowest BCUT2D eigenvalue weighted by molar-refractivity contribution is -0.116. The van der Waals surface area contributed by atoms with Gasteiger partial charge in [0, 0.05) is 24.0 Å². The number of aromatic amines is 1. The van der Waals surface area contributed by atoms with Gasteiger partial charge in [-0.25, -0.2) is 4.98 Å². The predicted molar refractivity (Wildman–Crippen MR) is 73.5 cm³/mol. The van der Waals surface area contributed by atoms with Crippen molar-refractivity contribution in [1.29, 1.82) is 0 Å². The van der Waals surface area contributed by atoms with Gasteiger partial charge in [0.1, 0.15) is 5.75 Å². The second-order valence-corrected chi connectivity index (χ2v) is 4.38. The molecule has 0 aliphatic rings. The zero-order valence-electron chi connectivity index (χ0n) is 10.4. The van der Waals surface area contributed by atoms with Gasteiger partial charge in [-0.15, -0.1) is 0 Å². The summed E-state index contributed by atoms with van der Waals surface area (Å²) in [4.78, 5) is 18.6. The van der Waals surface area contributed by atoms with Gasteiger partial charge in [-0.1, -0.05) is 11.6 Å². The molecule has 0 fully saturated rings. The Kier molecular flexibility index (Phi) is 4.41. The Labute approximate surface area is 116 Å². The molecule has 0 atom stereocenters. The molecule has 0 bridgehead atoms. The number of anilines is 1. The van der Waals surface area contributed by atoms with Crippen molar-refractivity contribution in [3.63, 3.8) is 0 Å². The highest BCUT2D eigenvalue weighted by atomic mass is 35.5. The first-order chi connectivity index (χ1) is 9.19. The van der Waals surface area contributed by atoms with Crippen LogP contribution in [0, 0.1) is 0 Å². The Morgan fingerprint density at radius 1 is 1.53 bits per heavy atom. The smallest absolute Gasteiger partial charge is 0.224 e. The van der Waals surface area contributed by atoms with Gasteiger partial charge in [0.25, 0.3) is 0 Å². The molecule has 0 aliphatic carbocycles. The molecule has 0 saturated carbocycles. The largest absolute Gasteiger partial charge is 0.495 e. The van der Waals surface area contributed by atoms with E-state index >= 15 is 0 Å². The average molecular weight is 280 g/mol. The fourth-order valence-electron chi connectivity index (χ4n) is 1.64. The number of hydrogen-bond donors (Lipinski definition) is 2. The Bertz CT molecular complexity index is 555. The topological polar surface area (TPSA) is 67.0 Å². The molecule has 0 spiro atoms. The number of benzene rings is 1. The van der Waals surface area contributed by atoms with Crippen molar-refractivity contribution in [3.05, 3.63) is 41.4 Å². The zero-order valence-corrected chi connectivity index (χ0v) is 11.2. The number of rotatable bonds is 5. The van der Waals surface area contributed by atoms with Crippen LogP contribution in [0.1, 0.15) is 12.1 Å². The third-order valence-electron chi connectivity index (χ3n) is 2.61. The summed E-state index contributed by atoms with van der Waals surface area (Å²) in [6.07, 6.45) is 4.30. The Morgan fingerprint density at radius 2 is 2.37 bits per heavy atom. The van der Waals surface area contributed by atoms with Crippen LogP contribution in [0.4, 0.5) is 5.69 Å². The molecule has 2 aromatic rings. The number of aromatic nitrogens is 2. The maximum atomic E-state index is 11.8. The minimum Gasteiger partial charge on any atom is -0.495 e. The molecule has 1 aromatic heterocycles. The van der Waals surface area contributed by atoms with E-state index in [1.165, 1.54) is 0 Å². The van der Waals surface area contributed by atoms with Gasteiger partial charge in [0.2, 0.25) is 5.91 Å². The van der Waals surface area contributed by atoms with Gasteiger partial charge >= 0.3 is 0 Å². The van der Waals surface area contributed by atoms with Crippen LogP contribution in [0.15, 0.2) is 30.7 Å². The number of ether oxygens (including phenoxy) is 1. The molecular formula is C13H14ClN3O2. The van der Waals surface area contributed by atoms with E-state index in [4.69, 9.17) is 16.3 Å². The summed E-state index contributed by atoms with van der Waals surface area (Å²) in [5.41, 5.74) is 1.59. The van der Waals surface area contributed by atoms with E-state index in [1.54, 1.807) is 37.8 Å². The second-order valence-electron chi connectivity index (χ2n) is 3.97. The fraction of sp³-hybridized carbons (Fsp3) is 0.231. The summed E-state index contributed by atoms with van der Waals surface area (Å²) in [6, 6.07) is 5.13. The number of hydrogen-bond acceptors (Lipinski definition) is 3. The zero-order chi connectivity index (χ0) is 13.7. The number of methoxy groups -OCH3 is 1. The van der Waals surface area contributed by atoms with Crippen molar-refractivity contribution in [3.8, 4) is 5.75 Å². The van der Waals surface area contributed by atoms with Crippen molar-refractivity contribution in [2.75, 3.05) is 12.4 Å². The highest BCUT2D eigenvalue weighted by Crippen LogP contribution is 2.27. The first-order valence-corrected chi connectivity index (χ1v) is 6.17. The van der Waals surface area contributed by atoms with Crippen LogP contribution in [-0.4, -0.2) is 23.0 Å². The van der Waals surface area contributed by atoms with E-state index in [9.17, 15) is 4.79 Å². The van der Waals surface area contributed by atoms with Crippen LogP contribution >= 0.6 is 11.6 Å². The van der Waals surface area contributed by atoms with Crippen LogP contribution in [0.5, 0.6) is 5.75 Å². The molecule has 2 N–H and O–H groups in total. The summed E-state index contributed by atoms with van der Waals surface area (Å²) < 4.78 is 5.05. The summed E-state index contributed by atoms with van der Waals surface area (Å²) in [5, 5.41) is 3.25. The lowest BCUT2D eigenvalue weighted by atomic mass is 10.2. The fourth-order valence-corrected chi connectivity index (χ4v) is 1.89. The van der Waals surface area contributed by atoms with Gasteiger partial charge in [-0.2, -0.15) is 0 Å². The van der Waals surface area contributed by atoms with Crippen LogP contribution in [0.2, 0.25) is 5.02 Å². The van der Waals surface area contributed by atoms with Crippen molar-refractivity contribution in [2.45, 2.75) is 12.8 Å². The van der Waals surface area contributed by atoms with E-state index in [1.807, 2.05) is 0 Å². The summed E-state index contributed by atoms with van der Waals surface area (Å²) in [7, 11) is 1.55. The monoisotopic (exact) mass is 279 g/mol. The summed E-state index contributed by atoms with van der Waals surface area (Å²) in [6.45, 7) is 0. The molecule has 1 heterocycles. The molecule has 0 aliphatic heterocycles. The number of aryl methyl sites for hydroxylation is 1. The van der Waals surface area contributed by atoms with Gasteiger partial charge in [-0.3, -0.25) is 4.79 Å². The average Bonchev–Trinajstić information content (AvgIpc) is 2.90. The SMILES string of the molecule is COc1ccc(NC(=O)CCc2cnc[nH]2)cc1Cl. The predicted octanol–water partition coefficient (Wildman–Crippen LogP) is 2.64. The lowest BCUT2D eigenvalue weighted by Gasteiger charge is -2.07. The first-order valence-electron chi connectivity index (χ1n) is 5.79. The second kappa shape index (κ2) is 6.24. The van der Waals surface area contributed by atoms with Crippen molar-refractivity contribution in [1.82, 2.24) is 9.97 Å². The minimum atomic E-state index is -0.0733. The quantitative estimate of drug-likeness (QED) is 0.884. The van der Waals surface area contributed by atoms with Gasteiger partial charge in [0.05, 0.1) is 18.5 Å². The molecule has 0 unspecified atom stereocenters. The molecule has 5 nitrogen and oxygen atoms in total. The van der Waals surface area contributed by atoms with Gasteiger partial charge in [0.15, 0.2) is 0 Å². The number of amides is 1. The third-order valence-corrected chi connectivity index (χ3v) is 2.91. The van der Waals surface area contributed by atoms with Crippen molar-refractivity contribution < 1.29 is 9.53 Å². The van der Waals surface area contributed by atoms with Crippen LogP contribution in [0.25, 0.3) is 0 Å². The Morgan fingerprint density at radius 3 is 3.00 bits per heavy atom. The molecule has 1 aromatic carbocycles. The van der Waals surface area contributed by atoms with Gasteiger partial charge < -0.3 is 15.0 Å². The maximum absolute atomic E-state index is 11.8.